The van der Waals surface area contributed by atoms with E-state index in [2.05, 4.69) is 197 Å². The SMILES string of the molecule is CC/C(C)=C(\N=CNI)c1cccc(-c2ccc(-c3ccc4c5c(cccc35)-c3c-4c(-c4ccccc4)c4ccccc4c3-c3ccccc3)cc2)n1. The number of aromatic nitrogens is 1. The molecule has 8 aromatic rings. The zero-order valence-electron chi connectivity index (χ0n) is 29.6. The third kappa shape index (κ3) is 5.65. The molecule has 3 nitrogen and oxygen atoms in total. The molecule has 0 spiro atoms. The van der Waals surface area contributed by atoms with Crippen LogP contribution in [0.1, 0.15) is 26.0 Å². The summed E-state index contributed by atoms with van der Waals surface area (Å²) < 4.78 is 2.99. The lowest BCUT2D eigenvalue weighted by atomic mass is 9.82. The summed E-state index contributed by atoms with van der Waals surface area (Å²) in [5.41, 5.74) is 17.7. The minimum absolute atomic E-state index is 0.873. The standard InChI is InChI=1S/C49H36IN3/c1-3-31(2)49(51-30-52-50)43-23-13-22-42(53-43)33-26-24-32(25-27-33)36-28-29-41-46-37(36)20-12-21-40(46)47-44(34-14-6-4-7-15-34)38-18-10-11-19-39(38)45(48(41)47)35-16-8-5-9-17-35/h4-30H,3H2,1-2H3,(H,51,52)/b49-31-. The van der Waals surface area contributed by atoms with Crippen LogP contribution in [-0.4, -0.2) is 11.3 Å². The van der Waals surface area contributed by atoms with Crippen LogP contribution in [0.5, 0.6) is 0 Å². The molecule has 254 valence electrons. The maximum atomic E-state index is 5.06. The number of fused-ring (bicyclic) bond motifs is 4. The van der Waals surface area contributed by atoms with E-state index in [4.69, 9.17) is 4.98 Å². The fourth-order valence-corrected chi connectivity index (χ4v) is 8.20. The lowest BCUT2D eigenvalue weighted by Gasteiger charge is -2.20. The fraction of sp³-hybridized carbons (Fsp3) is 0.0612. The molecule has 0 bridgehead atoms. The second-order valence-corrected chi connectivity index (χ2v) is 14.1. The topological polar surface area (TPSA) is 37.3 Å². The van der Waals surface area contributed by atoms with Gasteiger partial charge in [0.05, 0.1) is 46.3 Å². The third-order valence-corrected chi connectivity index (χ3v) is 10.9. The first-order valence-electron chi connectivity index (χ1n) is 18.1. The highest BCUT2D eigenvalue weighted by atomic mass is 127. The molecule has 0 unspecified atom stereocenters. The Hall–Kier alpha value is -5.85. The Kier molecular flexibility index (Phi) is 8.68. The van der Waals surface area contributed by atoms with Crippen molar-refractivity contribution in [1.29, 1.82) is 0 Å². The Balaban J connectivity index is 1.22. The minimum atomic E-state index is 0.873. The number of rotatable bonds is 8. The number of allylic oxidation sites excluding steroid dienone is 1. The molecule has 0 saturated carbocycles. The Morgan fingerprint density at radius 3 is 1.72 bits per heavy atom. The molecule has 0 atom stereocenters. The molecule has 1 aliphatic carbocycles. The van der Waals surface area contributed by atoms with Gasteiger partial charge >= 0.3 is 0 Å². The van der Waals surface area contributed by atoms with Gasteiger partial charge in [-0.15, -0.1) is 0 Å². The molecular formula is C49H36IN3. The van der Waals surface area contributed by atoms with Crippen molar-refractivity contribution >= 4 is 56.4 Å². The molecule has 1 N–H and O–H groups in total. The highest BCUT2D eigenvalue weighted by Crippen LogP contribution is 2.58. The Morgan fingerprint density at radius 1 is 0.547 bits per heavy atom. The molecule has 0 aliphatic heterocycles. The van der Waals surface area contributed by atoms with Gasteiger partial charge in [0, 0.05) is 5.56 Å². The van der Waals surface area contributed by atoms with Gasteiger partial charge in [0.2, 0.25) is 0 Å². The number of nitrogens with one attached hydrogen (secondary N) is 1. The van der Waals surface area contributed by atoms with Crippen molar-refractivity contribution in [2.45, 2.75) is 20.3 Å². The van der Waals surface area contributed by atoms with Gasteiger partial charge in [-0.05, 0) is 108 Å². The fourth-order valence-electron chi connectivity index (χ4n) is 8.06. The van der Waals surface area contributed by atoms with Crippen molar-refractivity contribution in [3.63, 3.8) is 0 Å². The number of nitrogens with zero attached hydrogens (tertiary/aromatic N) is 2. The van der Waals surface area contributed by atoms with Gasteiger partial charge in [-0.3, -0.25) is 0 Å². The van der Waals surface area contributed by atoms with Gasteiger partial charge < -0.3 is 3.53 Å². The average Bonchev–Trinajstić information content (AvgIpc) is 3.55. The molecule has 0 radical (unpaired) electrons. The zero-order chi connectivity index (χ0) is 35.9. The maximum absolute atomic E-state index is 5.06. The zero-order valence-corrected chi connectivity index (χ0v) is 31.7. The van der Waals surface area contributed by atoms with Crippen LogP contribution in [0.4, 0.5) is 0 Å². The van der Waals surface area contributed by atoms with E-state index in [9.17, 15) is 0 Å². The smallest absolute Gasteiger partial charge is 0.0973 e. The van der Waals surface area contributed by atoms with E-state index in [1.54, 1.807) is 6.34 Å². The van der Waals surface area contributed by atoms with Crippen molar-refractivity contribution < 1.29 is 0 Å². The largest absolute Gasteiger partial charge is 0.319 e. The summed E-state index contributed by atoms with van der Waals surface area (Å²) in [4.78, 5) is 9.73. The molecule has 1 heterocycles. The number of aliphatic imine (C=N–C) groups is 1. The lowest BCUT2D eigenvalue weighted by Crippen LogP contribution is -1.97. The van der Waals surface area contributed by atoms with E-state index < -0.39 is 0 Å². The summed E-state index contributed by atoms with van der Waals surface area (Å²) in [6, 6.07) is 57.3. The molecule has 0 amide bonds. The number of hydrogen-bond acceptors (Lipinski definition) is 2. The van der Waals surface area contributed by atoms with Crippen LogP contribution in [0.2, 0.25) is 0 Å². The van der Waals surface area contributed by atoms with Crippen LogP contribution in [0, 0.1) is 0 Å². The second-order valence-electron chi connectivity index (χ2n) is 13.5. The van der Waals surface area contributed by atoms with Crippen molar-refractivity contribution in [3.05, 3.63) is 169 Å². The van der Waals surface area contributed by atoms with E-state index in [-0.39, 0.29) is 0 Å². The minimum Gasteiger partial charge on any atom is -0.319 e. The summed E-state index contributed by atoms with van der Waals surface area (Å²) in [7, 11) is 0. The number of pyridine rings is 1. The number of benzene rings is 7. The first kappa shape index (κ1) is 33.0. The predicted octanol–water partition coefficient (Wildman–Crippen LogP) is 13.8. The first-order chi connectivity index (χ1) is 26.2. The highest BCUT2D eigenvalue weighted by Gasteiger charge is 2.31. The molecular weight excluding hydrogens is 757 g/mol. The van der Waals surface area contributed by atoms with E-state index >= 15 is 0 Å². The summed E-state index contributed by atoms with van der Waals surface area (Å²) in [6.45, 7) is 4.27. The summed E-state index contributed by atoms with van der Waals surface area (Å²) in [5.74, 6) is 0. The van der Waals surface area contributed by atoms with Crippen LogP contribution in [0.15, 0.2) is 168 Å². The van der Waals surface area contributed by atoms with Crippen LogP contribution >= 0.6 is 22.9 Å². The molecule has 4 heteroatoms. The van der Waals surface area contributed by atoms with E-state index in [1.165, 1.54) is 82.8 Å². The van der Waals surface area contributed by atoms with Gasteiger partial charge in [0.15, 0.2) is 0 Å². The molecule has 0 saturated heterocycles. The third-order valence-electron chi connectivity index (χ3n) is 10.6. The van der Waals surface area contributed by atoms with Gasteiger partial charge in [-0.1, -0.05) is 153 Å². The molecule has 0 fully saturated rings. The van der Waals surface area contributed by atoms with Crippen LogP contribution < -0.4 is 3.53 Å². The maximum Gasteiger partial charge on any atom is 0.0973 e. The van der Waals surface area contributed by atoms with Gasteiger partial charge in [0.1, 0.15) is 0 Å². The summed E-state index contributed by atoms with van der Waals surface area (Å²) in [5, 5.41) is 5.12. The Bertz CT molecular complexity index is 2640. The molecule has 1 aromatic heterocycles. The Morgan fingerprint density at radius 2 is 1.09 bits per heavy atom. The first-order valence-corrected chi connectivity index (χ1v) is 19.2. The van der Waals surface area contributed by atoms with Crippen molar-refractivity contribution in [2.24, 2.45) is 4.99 Å². The second kappa shape index (κ2) is 13.9. The van der Waals surface area contributed by atoms with Crippen LogP contribution in [0.25, 0.3) is 94.1 Å². The van der Waals surface area contributed by atoms with E-state index in [0.29, 0.717) is 0 Å². The molecule has 53 heavy (non-hydrogen) atoms. The normalized spacial score (nSPS) is 12.4. The van der Waals surface area contributed by atoms with Gasteiger partial charge in [-0.25, -0.2) is 9.98 Å². The quantitative estimate of drug-likeness (QED) is 0.0720. The van der Waals surface area contributed by atoms with Crippen molar-refractivity contribution in [1.82, 2.24) is 8.51 Å². The molecule has 9 rings (SSSR count). The number of hydrogen-bond donors (Lipinski definition) is 1. The van der Waals surface area contributed by atoms with Gasteiger partial charge in [0.25, 0.3) is 0 Å². The Labute approximate surface area is 324 Å². The molecule has 7 aromatic carbocycles. The monoisotopic (exact) mass is 793 g/mol. The highest BCUT2D eigenvalue weighted by molar-refractivity contribution is 14.1. The van der Waals surface area contributed by atoms with Crippen molar-refractivity contribution in [3.8, 4) is 66.9 Å². The summed E-state index contributed by atoms with van der Waals surface area (Å²) >= 11 is 2.08. The van der Waals surface area contributed by atoms with E-state index in [0.717, 1.165) is 29.1 Å². The van der Waals surface area contributed by atoms with Crippen molar-refractivity contribution in [2.75, 3.05) is 0 Å². The lowest BCUT2D eigenvalue weighted by molar-refractivity contribution is 1.08. The average molecular weight is 794 g/mol. The van der Waals surface area contributed by atoms with Crippen LogP contribution in [-0.2, 0) is 0 Å². The molecule has 1 aliphatic rings. The van der Waals surface area contributed by atoms with E-state index in [1.807, 2.05) is 6.07 Å². The van der Waals surface area contributed by atoms with Gasteiger partial charge in [-0.2, -0.15) is 0 Å². The number of halogens is 1. The van der Waals surface area contributed by atoms with Crippen LogP contribution in [0.3, 0.4) is 0 Å². The summed E-state index contributed by atoms with van der Waals surface area (Å²) in [6.07, 6.45) is 2.62. The predicted molar refractivity (Wildman–Crippen MR) is 234 cm³/mol.